The van der Waals surface area contributed by atoms with Gasteiger partial charge in [0.05, 0.1) is 5.69 Å². The maximum Gasteiger partial charge on any atom is 0.228 e. The van der Waals surface area contributed by atoms with E-state index in [0.29, 0.717) is 18.0 Å². The summed E-state index contributed by atoms with van der Waals surface area (Å²) < 4.78 is 6.00. The summed E-state index contributed by atoms with van der Waals surface area (Å²) in [5.41, 5.74) is 7.27. The van der Waals surface area contributed by atoms with Gasteiger partial charge < -0.3 is 15.8 Å². The molecule has 2 atom stereocenters. The Morgan fingerprint density at radius 1 is 1.09 bits per heavy atom. The third-order valence-electron chi connectivity index (χ3n) is 3.52. The molecule has 2 aromatic rings. The standard InChI is InChI=1S/C18H22N2O2.ClH/c1-13(12-19)18(21)20-16-10-6-7-11-17(16)22-14(2)15-8-4-3-5-9-15;/h3-11,13-14H,12,19H2,1-2H3,(H,20,21);1H. The molecule has 0 radical (unpaired) electrons. The minimum absolute atomic E-state index is 0. The van der Waals surface area contributed by atoms with Gasteiger partial charge in [0, 0.05) is 12.5 Å². The Balaban J connectivity index is 0.00000264. The molecule has 0 bridgehead atoms. The van der Waals surface area contributed by atoms with Crippen LogP contribution in [0.5, 0.6) is 5.75 Å². The molecule has 2 rings (SSSR count). The van der Waals surface area contributed by atoms with Crippen LogP contribution in [0, 0.1) is 5.92 Å². The highest BCUT2D eigenvalue weighted by Gasteiger charge is 2.15. The van der Waals surface area contributed by atoms with Gasteiger partial charge in [-0.05, 0) is 24.6 Å². The lowest BCUT2D eigenvalue weighted by Crippen LogP contribution is -2.26. The number of hydrogen-bond donors (Lipinski definition) is 2. The van der Waals surface area contributed by atoms with Gasteiger partial charge in [-0.15, -0.1) is 12.4 Å². The summed E-state index contributed by atoms with van der Waals surface area (Å²) in [6, 6.07) is 17.4. The van der Waals surface area contributed by atoms with Crippen LogP contribution in [0.4, 0.5) is 5.69 Å². The van der Waals surface area contributed by atoms with Crippen molar-refractivity contribution in [2.75, 3.05) is 11.9 Å². The van der Waals surface area contributed by atoms with E-state index in [-0.39, 0.29) is 30.3 Å². The van der Waals surface area contributed by atoms with Gasteiger partial charge in [0.15, 0.2) is 0 Å². The fourth-order valence-electron chi connectivity index (χ4n) is 2.02. The molecular formula is C18H23ClN2O2. The number of nitrogens with one attached hydrogen (secondary N) is 1. The van der Waals surface area contributed by atoms with E-state index in [1.54, 1.807) is 6.92 Å². The van der Waals surface area contributed by atoms with Crippen LogP contribution in [0.3, 0.4) is 0 Å². The Morgan fingerprint density at radius 3 is 2.35 bits per heavy atom. The molecule has 1 amide bonds. The van der Waals surface area contributed by atoms with Crippen molar-refractivity contribution in [3.63, 3.8) is 0 Å². The van der Waals surface area contributed by atoms with Gasteiger partial charge in [-0.3, -0.25) is 4.79 Å². The normalized spacial score (nSPS) is 12.7. The number of carbonyl (C=O) groups is 1. The van der Waals surface area contributed by atoms with Crippen LogP contribution in [-0.2, 0) is 4.79 Å². The number of rotatable bonds is 6. The molecule has 0 saturated heterocycles. The van der Waals surface area contributed by atoms with Gasteiger partial charge in [-0.25, -0.2) is 0 Å². The second-order valence-electron chi connectivity index (χ2n) is 5.29. The molecule has 2 unspecified atom stereocenters. The first-order chi connectivity index (χ1) is 10.6. The topological polar surface area (TPSA) is 64.4 Å². The zero-order valence-electron chi connectivity index (χ0n) is 13.4. The summed E-state index contributed by atoms with van der Waals surface area (Å²) in [7, 11) is 0. The van der Waals surface area contributed by atoms with E-state index in [1.165, 1.54) is 0 Å². The quantitative estimate of drug-likeness (QED) is 0.845. The molecule has 0 saturated carbocycles. The number of nitrogens with two attached hydrogens (primary N) is 1. The van der Waals surface area contributed by atoms with Gasteiger partial charge in [-0.2, -0.15) is 0 Å². The van der Waals surface area contributed by atoms with Crippen molar-refractivity contribution in [3.8, 4) is 5.75 Å². The molecule has 23 heavy (non-hydrogen) atoms. The van der Waals surface area contributed by atoms with Crippen molar-refractivity contribution in [1.82, 2.24) is 0 Å². The fourth-order valence-corrected chi connectivity index (χ4v) is 2.02. The van der Waals surface area contributed by atoms with Gasteiger partial charge in [0.1, 0.15) is 11.9 Å². The molecule has 0 spiro atoms. The lowest BCUT2D eigenvalue weighted by molar-refractivity contribution is -0.119. The van der Waals surface area contributed by atoms with Gasteiger partial charge in [0.25, 0.3) is 0 Å². The number of ether oxygens (including phenoxy) is 1. The van der Waals surface area contributed by atoms with Gasteiger partial charge >= 0.3 is 0 Å². The molecule has 0 fully saturated rings. The van der Waals surface area contributed by atoms with Crippen molar-refractivity contribution < 1.29 is 9.53 Å². The molecule has 2 aromatic carbocycles. The van der Waals surface area contributed by atoms with Crippen LogP contribution in [0.2, 0.25) is 0 Å². The highest BCUT2D eigenvalue weighted by Crippen LogP contribution is 2.29. The molecule has 3 N–H and O–H groups in total. The lowest BCUT2D eigenvalue weighted by atomic mass is 10.1. The lowest BCUT2D eigenvalue weighted by Gasteiger charge is -2.19. The number of carbonyl (C=O) groups excluding carboxylic acids is 1. The van der Waals surface area contributed by atoms with Crippen molar-refractivity contribution >= 4 is 24.0 Å². The van der Waals surface area contributed by atoms with Crippen LogP contribution in [0.15, 0.2) is 54.6 Å². The zero-order valence-corrected chi connectivity index (χ0v) is 14.2. The first-order valence-corrected chi connectivity index (χ1v) is 7.43. The first kappa shape index (κ1) is 19.0. The molecule has 0 aliphatic rings. The summed E-state index contributed by atoms with van der Waals surface area (Å²) >= 11 is 0. The number of halogens is 1. The number of amides is 1. The third-order valence-corrected chi connectivity index (χ3v) is 3.52. The average Bonchev–Trinajstić information content (AvgIpc) is 2.56. The monoisotopic (exact) mass is 334 g/mol. The van der Waals surface area contributed by atoms with E-state index in [0.717, 1.165) is 5.56 Å². The highest BCUT2D eigenvalue weighted by atomic mass is 35.5. The summed E-state index contributed by atoms with van der Waals surface area (Å²) in [6.07, 6.45) is -0.105. The van der Waals surface area contributed by atoms with Crippen molar-refractivity contribution in [3.05, 3.63) is 60.2 Å². The summed E-state index contributed by atoms with van der Waals surface area (Å²) in [5, 5.41) is 2.87. The second-order valence-corrected chi connectivity index (χ2v) is 5.29. The molecule has 0 aromatic heterocycles. The molecule has 0 heterocycles. The van der Waals surface area contributed by atoms with E-state index >= 15 is 0 Å². The van der Waals surface area contributed by atoms with Crippen LogP contribution >= 0.6 is 12.4 Å². The summed E-state index contributed by atoms with van der Waals surface area (Å²) in [6.45, 7) is 4.09. The van der Waals surface area contributed by atoms with E-state index < -0.39 is 0 Å². The fraction of sp³-hybridized carbons (Fsp3) is 0.278. The molecule has 0 aliphatic carbocycles. The van der Waals surface area contributed by atoms with E-state index in [4.69, 9.17) is 10.5 Å². The number of anilines is 1. The molecule has 5 heteroatoms. The predicted molar refractivity (Wildman–Crippen MR) is 96.0 cm³/mol. The summed E-state index contributed by atoms with van der Waals surface area (Å²) in [5.74, 6) is 0.307. The van der Waals surface area contributed by atoms with Gasteiger partial charge in [-0.1, -0.05) is 49.4 Å². The van der Waals surface area contributed by atoms with E-state index in [1.807, 2.05) is 61.5 Å². The van der Waals surface area contributed by atoms with Crippen LogP contribution in [-0.4, -0.2) is 12.5 Å². The Kier molecular flexibility index (Phi) is 7.59. The minimum Gasteiger partial charge on any atom is -0.484 e. The number of benzene rings is 2. The third kappa shape index (κ3) is 5.27. The van der Waals surface area contributed by atoms with Crippen LogP contribution in [0.25, 0.3) is 0 Å². The van der Waals surface area contributed by atoms with Crippen LogP contribution < -0.4 is 15.8 Å². The maximum absolute atomic E-state index is 12.0. The minimum atomic E-state index is -0.236. The summed E-state index contributed by atoms with van der Waals surface area (Å²) in [4.78, 5) is 12.0. The number of para-hydroxylation sites is 2. The zero-order chi connectivity index (χ0) is 15.9. The molecule has 124 valence electrons. The number of hydrogen-bond acceptors (Lipinski definition) is 3. The second kappa shape index (κ2) is 9.18. The highest BCUT2D eigenvalue weighted by molar-refractivity contribution is 5.93. The Labute approximate surface area is 143 Å². The molecule has 4 nitrogen and oxygen atoms in total. The van der Waals surface area contributed by atoms with Crippen molar-refractivity contribution in [2.45, 2.75) is 20.0 Å². The predicted octanol–water partition coefficient (Wildman–Crippen LogP) is 3.78. The average molecular weight is 335 g/mol. The van der Waals surface area contributed by atoms with E-state index in [2.05, 4.69) is 5.32 Å². The van der Waals surface area contributed by atoms with Crippen molar-refractivity contribution in [2.24, 2.45) is 11.7 Å². The Morgan fingerprint density at radius 2 is 1.70 bits per heavy atom. The van der Waals surface area contributed by atoms with Crippen LogP contribution in [0.1, 0.15) is 25.5 Å². The Bertz CT molecular complexity index is 619. The maximum atomic E-state index is 12.0. The molecule has 0 aliphatic heterocycles. The molecular weight excluding hydrogens is 312 g/mol. The smallest absolute Gasteiger partial charge is 0.228 e. The largest absolute Gasteiger partial charge is 0.484 e. The van der Waals surface area contributed by atoms with Crippen molar-refractivity contribution in [1.29, 1.82) is 0 Å². The Hall–Kier alpha value is -2.04. The van der Waals surface area contributed by atoms with Gasteiger partial charge in [0.2, 0.25) is 5.91 Å². The first-order valence-electron chi connectivity index (χ1n) is 7.43. The van der Waals surface area contributed by atoms with E-state index in [9.17, 15) is 4.79 Å². The SMILES string of the molecule is CC(CN)C(=O)Nc1ccccc1OC(C)c1ccccc1.Cl.